The van der Waals surface area contributed by atoms with Crippen LogP contribution in [-0.4, -0.2) is 37.7 Å². The zero-order chi connectivity index (χ0) is 21.9. The predicted octanol–water partition coefficient (Wildman–Crippen LogP) is 5.93. The Kier molecular flexibility index (Phi) is 10.7. The molecule has 2 aromatic carbocycles. The van der Waals surface area contributed by atoms with Gasteiger partial charge in [0.15, 0.2) is 11.5 Å². The largest absolute Gasteiger partial charge is 0.490 e. The molecule has 1 N–H and O–H groups in total. The smallest absolute Gasteiger partial charge is 0.180 e. The first-order valence-corrected chi connectivity index (χ1v) is 11.2. The van der Waals surface area contributed by atoms with Crippen molar-refractivity contribution in [3.8, 4) is 11.5 Å². The van der Waals surface area contributed by atoms with Crippen LogP contribution in [0, 0.1) is 5.82 Å². The van der Waals surface area contributed by atoms with Crippen molar-refractivity contribution < 1.29 is 13.9 Å². The molecule has 0 saturated carbocycles. The third kappa shape index (κ3) is 7.31. The van der Waals surface area contributed by atoms with Crippen LogP contribution in [0.3, 0.4) is 0 Å². The van der Waals surface area contributed by atoms with Gasteiger partial charge in [-0.15, -0.1) is 0 Å². The Hall–Kier alpha value is -1.53. The van der Waals surface area contributed by atoms with E-state index in [-0.39, 0.29) is 12.2 Å². The number of nitrogens with one attached hydrogen (secondary N) is 1. The third-order valence-corrected chi connectivity index (χ3v) is 5.48. The summed E-state index contributed by atoms with van der Waals surface area (Å²) in [6.07, 6.45) is 1.08. The van der Waals surface area contributed by atoms with Crippen molar-refractivity contribution in [1.82, 2.24) is 10.2 Å². The molecular formula is C23H31Cl2FN2O2. The van der Waals surface area contributed by atoms with Gasteiger partial charge in [0, 0.05) is 12.1 Å². The minimum atomic E-state index is -0.415. The van der Waals surface area contributed by atoms with E-state index in [9.17, 15) is 4.39 Å². The monoisotopic (exact) mass is 456 g/mol. The Morgan fingerprint density at radius 3 is 2.47 bits per heavy atom. The molecule has 166 valence electrons. The van der Waals surface area contributed by atoms with E-state index in [1.54, 1.807) is 12.1 Å². The third-order valence-electron chi connectivity index (χ3n) is 4.84. The maximum atomic E-state index is 14.0. The normalized spacial score (nSPS) is 11.2. The number of hydrogen-bond donors (Lipinski definition) is 1. The summed E-state index contributed by atoms with van der Waals surface area (Å²) in [4.78, 5) is 2.40. The zero-order valence-electron chi connectivity index (χ0n) is 17.9. The van der Waals surface area contributed by atoms with Gasteiger partial charge in [-0.25, -0.2) is 4.39 Å². The summed E-state index contributed by atoms with van der Waals surface area (Å²) in [5.74, 6) is 0.516. The van der Waals surface area contributed by atoms with Gasteiger partial charge < -0.3 is 19.7 Å². The van der Waals surface area contributed by atoms with Gasteiger partial charge in [0.2, 0.25) is 0 Å². The molecule has 0 radical (unpaired) electrons. The number of ether oxygens (including phenoxy) is 2. The lowest BCUT2D eigenvalue weighted by Gasteiger charge is -2.18. The summed E-state index contributed by atoms with van der Waals surface area (Å²) in [7, 11) is 0. The van der Waals surface area contributed by atoms with Crippen molar-refractivity contribution in [1.29, 1.82) is 0 Å². The van der Waals surface area contributed by atoms with E-state index in [2.05, 4.69) is 24.1 Å². The first-order chi connectivity index (χ1) is 14.5. The molecule has 7 heteroatoms. The van der Waals surface area contributed by atoms with Crippen LogP contribution in [0.15, 0.2) is 30.3 Å². The molecule has 0 unspecified atom stereocenters. The van der Waals surface area contributed by atoms with Gasteiger partial charge in [-0.05, 0) is 69.4 Å². The van der Waals surface area contributed by atoms with Gasteiger partial charge >= 0.3 is 0 Å². The van der Waals surface area contributed by atoms with Crippen molar-refractivity contribution in [2.45, 2.75) is 40.3 Å². The fraction of sp³-hybridized carbons (Fsp3) is 0.478. The minimum Gasteiger partial charge on any atom is -0.490 e. The van der Waals surface area contributed by atoms with Crippen LogP contribution in [0.25, 0.3) is 0 Å². The lowest BCUT2D eigenvalue weighted by atomic mass is 10.2. The Morgan fingerprint density at radius 1 is 1.03 bits per heavy atom. The SMILES string of the molecule is CCOc1cc(CNCCCN(CC)CC)cc(Cl)c1OCc1c(F)cccc1Cl. The van der Waals surface area contributed by atoms with E-state index in [0.29, 0.717) is 34.7 Å². The number of nitrogens with zero attached hydrogens (tertiary/aromatic N) is 1. The van der Waals surface area contributed by atoms with Crippen molar-refractivity contribution in [2.24, 2.45) is 0 Å². The highest BCUT2D eigenvalue weighted by atomic mass is 35.5. The Morgan fingerprint density at radius 2 is 1.80 bits per heavy atom. The van der Waals surface area contributed by atoms with Crippen LogP contribution in [-0.2, 0) is 13.2 Å². The van der Waals surface area contributed by atoms with Gasteiger partial charge in [-0.1, -0.05) is 43.1 Å². The zero-order valence-corrected chi connectivity index (χ0v) is 19.5. The number of hydrogen-bond acceptors (Lipinski definition) is 4. The molecule has 0 aliphatic rings. The highest BCUT2D eigenvalue weighted by Gasteiger charge is 2.15. The molecule has 0 aliphatic carbocycles. The van der Waals surface area contributed by atoms with Crippen LogP contribution >= 0.6 is 23.2 Å². The second-order valence-corrected chi connectivity index (χ2v) is 7.70. The van der Waals surface area contributed by atoms with Crippen molar-refractivity contribution in [3.63, 3.8) is 0 Å². The van der Waals surface area contributed by atoms with Crippen LogP contribution < -0.4 is 14.8 Å². The van der Waals surface area contributed by atoms with Crippen LogP contribution in [0.5, 0.6) is 11.5 Å². The molecule has 30 heavy (non-hydrogen) atoms. The molecule has 0 aromatic heterocycles. The molecule has 0 bridgehead atoms. The number of halogens is 3. The second kappa shape index (κ2) is 13.0. The molecular weight excluding hydrogens is 426 g/mol. The molecule has 2 aromatic rings. The molecule has 2 rings (SSSR count). The van der Waals surface area contributed by atoms with Crippen molar-refractivity contribution in [2.75, 3.05) is 32.8 Å². The van der Waals surface area contributed by atoms with E-state index in [1.165, 1.54) is 6.07 Å². The fourth-order valence-electron chi connectivity index (χ4n) is 3.14. The van der Waals surface area contributed by atoms with E-state index in [4.69, 9.17) is 32.7 Å². The van der Waals surface area contributed by atoms with Crippen LogP contribution in [0.2, 0.25) is 10.0 Å². The quantitative estimate of drug-likeness (QED) is 0.378. The Bertz CT molecular complexity index is 781. The first-order valence-electron chi connectivity index (χ1n) is 10.4. The molecule has 0 heterocycles. The predicted molar refractivity (Wildman–Crippen MR) is 122 cm³/mol. The fourth-order valence-corrected chi connectivity index (χ4v) is 3.65. The van der Waals surface area contributed by atoms with E-state index in [0.717, 1.165) is 38.2 Å². The second-order valence-electron chi connectivity index (χ2n) is 6.88. The summed E-state index contributed by atoms with van der Waals surface area (Å²) in [6.45, 7) is 11.5. The molecule has 4 nitrogen and oxygen atoms in total. The Balaban J connectivity index is 2.01. The number of benzene rings is 2. The summed E-state index contributed by atoms with van der Waals surface area (Å²) in [6, 6.07) is 8.29. The Labute approximate surface area is 189 Å². The molecule has 0 spiro atoms. The van der Waals surface area contributed by atoms with Crippen LogP contribution in [0.1, 0.15) is 38.3 Å². The van der Waals surface area contributed by atoms with Gasteiger partial charge in [-0.3, -0.25) is 0 Å². The molecule has 0 atom stereocenters. The molecule has 0 amide bonds. The van der Waals surface area contributed by atoms with E-state index < -0.39 is 5.82 Å². The molecule has 0 aliphatic heterocycles. The summed E-state index contributed by atoms with van der Waals surface area (Å²) < 4.78 is 25.6. The maximum Gasteiger partial charge on any atom is 0.180 e. The van der Waals surface area contributed by atoms with Crippen molar-refractivity contribution in [3.05, 3.63) is 57.3 Å². The summed E-state index contributed by atoms with van der Waals surface area (Å²) in [5.41, 5.74) is 1.29. The van der Waals surface area contributed by atoms with E-state index in [1.807, 2.05) is 19.1 Å². The van der Waals surface area contributed by atoms with Gasteiger partial charge in [0.25, 0.3) is 0 Å². The highest BCUT2D eigenvalue weighted by molar-refractivity contribution is 6.32. The standard InChI is InChI=1S/C23H31Cl2FN2O2/c1-4-28(5-2)12-8-11-27-15-17-13-20(25)23(22(14-17)29-6-3)30-16-18-19(24)9-7-10-21(18)26/h7,9-10,13-14,27H,4-6,8,11-12,15-16H2,1-3H3. The van der Waals surface area contributed by atoms with Gasteiger partial charge in [0.1, 0.15) is 12.4 Å². The highest BCUT2D eigenvalue weighted by Crippen LogP contribution is 2.37. The minimum absolute atomic E-state index is 0.0335. The van der Waals surface area contributed by atoms with Crippen molar-refractivity contribution >= 4 is 23.2 Å². The lowest BCUT2D eigenvalue weighted by molar-refractivity contribution is 0.266. The van der Waals surface area contributed by atoms with Gasteiger partial charge in [0.05, 0.1) is 16.7 Å². The first kappa shape index (κ1) is 24.7. The van der Waals surface area contributed by atoms with Crippen LogP contribution in [0.4, 0.5) is 4.39 Å². The average Bonchev–Trinajstić information content (AvgIpc) is 2.72. The summed E-state index contributed by atoms with van der Waals surface area (Å²) in [5, 5.41) is 4.18. The molecule has 0 saturated heterocycles. The maximum absolute atomic E-state index is 14.0. The molecule has 0 fully saturated rings. The topological polar surface area (TPSA) is 33.7 Å². The van der Waals surface area contributed by atoms with E-state index >= 15 is 0 Å². The average molecular weight is 457 g/mol. The van der Waals surface area contributed by atoms with Gasteiger partial charge in [-0.2, -0.15) is 0 Å². The lowest BCUT2D eigenvalue weighted by Crippen LogP contribution is -2.27. The summed E-state index contributed by atoms with van der Waals surface area (Å²) >= 11 is 12.6. The number of rotatable bonds is 13.